The monoisotopic (exact) mass is 508 g/mol. The standard InChI is InChI=1S/C29H33FN2O5/c1-34-21-11-14-32(15-12-21)18-20-5-9-25(30)29-23(20)8-10-27(29)37-22-6-3-19(4-7-22)24(17-28(33)35-2)26-13-16-36-31-26/h3-7,9,13,16,21,24,27H,8,10-12,14-15,17-18H2,1-2H3/t24-,27+/m0/s1. The summed E-state index contributed by atoms with van der Waals surface area (Å²) in [4.78, 5) is 14.4. The fourth-order valence-corrected chi connectivity index (χ4v) is 5.54. The molecular weight excluding hydrogens is 475 g/mol. The van der Waals surface area contributed by atoms with Gasteiger partial charge in [0.1, 0.15) is 23.9 Å². The molecule has 3 aromatic rings. The van der Waals surface area contributed by atoms with Gasteiger partial charge in [-0.3, -0.25) is 9.69 Å². The number of methoxy groups -OCH3 is 2. The maximum Gasteiger partial charge on any atom is 0.306 e. The van der Waals surface area contributed by atoms with Gasteiger partial charge in [-0.1, -0.05) is 23.4 Å². The Morgan fingerprint density at radius 2 is 1.89 bits per heavy atom. The zero-order valence-corrected chi connectivity index (χ0v) is 21.3. The van der Waals surface area contributed by atoms with E-state index in [9.17, 15) is 4.79 Å². The first-order chi connectivity index (χ1) is 18.1. The molecule has 0 radical (unpaired) electrons. The van der Waals surface area contributed by atoms with E-state index in [0.717, 1.165) is 56.4 Å². The summed E-state index contributed by atoms with van der Waals surface area (Å²) in [5.41, 5.74) is 4.50. The molecular formula is C29H33FN2O5. The molecule has 2 aliphatic rings. The van der Waals surface area contributed by atoms with Crippen LogP contribution in [-0.2, 0) is 27.2 Å². The number of halogens is 1. The molecule has 0 bridgehead atoms. The lowest BCUT2D eigenvalue weighted by atomic mass is 9.92. The molecule has 37 heavy (non-hydrogen) atoms. The first-order valence-electron chi connectivity index (χ1n) is 12.8. The van der Waals surface area contributed by atoms with Gasteiger partial charge in [-0.15, -0.1) is 0 Å². The zero-order chi connectivity index (χ0) is 25.8. The summed E-state index contributed by atoms with van der Waals surface area (Å²) >= 11 is 0. The highest BCUT2D eigenvalue weighted by Gasteiger charge is 2.31. The zero-order valence-electron chi connectivity index (χ0n) is 21.3. The summed E-state index contributed by atoms with van der Waals surface area (Å²) in [5.74, 6) is -0.170. The van der Waals surface area contributed by atoms with Gasteiger partial charge in [0.2, 0.25) is 0 Å². The van der Waals surface area contributed by atoms with Crippen LogP contribution >= 0.6 is 0 Å². The molecule has 1 fully saturated rings. The number of carbonyl (C=O) groups excluding carboxylic acids is 1. The van der Waals surface area contributed by atoms with Crippen molar-refractivity contribution in [1.82, 2.24) is 10.1 Å². The molecule has 7 nitrogen and oxygen atoms in total. The number of likely N-dealkylation sites (tertiary alicyclic amines) is 1. The van der Waals surface area contributed by atoms with Crippen LogP contribution in [0.1, 0.15) is 65.7 Å². The number of nitrogens with zero attached hydrogens (tertiary/aromatic N) is 2. The van der Waals surface area contributed by atoms with Crippen molar-refractivity contribution in [1.29, 1.82) is 0 Å². The van der Waals surface area contributed by atoms with Gasteiger partial charge in [-0.05, 0) is 60.6 Å². The fraction of sp³-hybridized carbons (Fsp3) is 0.448. The Morgan fingerprint density at radius 3 is 2.57 bits per heavy atom. The van der Waals surface area contributed by atoms with E-state index in [1.807, 2.05) is 30.3 Å². The number of esters is 1. The minimum atomic E-state index is -0.332. The van der Waals surface area contributed by atoms with E-state index in [1.165, 1.54) is 18.9 Å². The van der Waals surface area contributed by atoms with Gasteiger partial charge < -0.3 is 18.7 Å². The van der Waals surface area contributed by atoms with Gasteiger partial charge in [0.05, 0.1) is 25.3 Å². The Balaban J connectivity index is 1.29. The van der Waals surface area contributed by atoms with Crippen LogP contribution in [0, 0.1) is 5.82 Å². The highest BCUT2D eigenvalue weighted by atomic mass is 19.1. The Hall–Kier alpha value is -3.23. The van der Waals surface area contributed by atoms with Crippen LogP contribution < -0.4 is 4.74 Å². The highest BCUT2D eigenvalue weighted by molar-refractivity contribution is 5.71. The van der Waals surface area contributed by atoms with Gasteiger partial charge in [-0.2, -0.15) is 0 Å². The molecule has 0 spiro atoms. The number of hydrogen-bond donors (Lipinski definition) is 0. The Morgan fingerprint density at radius 1 is 1.11 bits per heavy atom. The molecule has 1 saturated heterocycles. The van der Waals surface area contributed by atoms with E-state index in [2.05, 4.69) is 10.1 Å². The largest absolute Gasteiger partial charge is 0.486 e. The van der Waals surface area contributed by atoms with Crippen LogP contribution in [0.4, 0.5) is 4.39 Å². The van der Waals surface area contributed by atoms with Crippen molar-refractivity contribution in [3.8, 4) is 5.75 Å². The van der Waals surface area contributed by atoms with E-state index >= 15 is 4.39 Å². The molecule has 2 aromatic carbocycles. The molecule has 0 saturated carbocycles. The quantitative estimate of drug-likeness (QED) is 0.369. The number of piperidine rings is 1. The number of aromatic nitrogens is 1. The summed E-state index contributed by atoms with van der Waals surface area (Å²) in [7, 11) is 3.14. The average Bonchev–Trinajstić information content (AvgIpc) is 3.61. The molecule has 196 valence electrons. The van der Waals surface area contributed by atoms with Gasteiger partial charge in [0.25, 0.3) is 0 Å². The van der Waals surface area contributed by atoms with E-state index in [0.29, 0.717) is 23.1 Å². The lowest BCUT2D eigenvalue weighted by Crippen LogP contribution is -2.36. The Kier molecular flexibility index (Phi) is 7.86. The maximum absolute atomic E-state index is 15.0. The third-order valence-corrected chi connectivity index (χ3v) is 7.62. The Labute approximate surface area is 216 Å². The Bertz CT molecular complexity index is 1190. The predicted molar refractivity (Wildman–Crippen MR) is 135 cm³/mol. The van der Waals surface area contributed by atoms with Crippen LogP contribution in [0.25, 0.3) is 0 Å². The molecule has 0 unspecified atom stereocenters. The topological polar surface area (TPSA) is 74.0 Å². The number of ether oxygens (including phenoxy) is 3. The van der Waals surface area contributed by atoms with Crippen molar-refractivity contribution in [2.24, 2.45) is 0 Å². The van der Waals surface area contributed by atoms with Crippen LogP contribution in [0.3, 0.4) is 0 Å². The molecule has 1 aliphatic heterocycles. The van der Waals surface area contributed by atoms with Crippen molar-refractivity contribution in [2.45, 2.75) is 56.8 Å². The lowest BCUT2D eigenvalue weighted by Gasteiger charge is -2.31. The first-order valence-corrected chi connectivity index (χ1v) is 12.8. The third kappa shape index (κ3) is 5.70. The van der Waals surface area contributed by atoms with E-state index in [-0.39, 0.29) is 30.2 Å². The van der Waals surface area contributed by atoms with Crippen LogP contribution in [-0.4, -0.2) is 49.4 Å². The summed E-state index contributed by atoms with van der Waals surface area (Å²) in [6.45, 7) is 2.80. The number of hydrogen-bond acceptors (Lipinski definition) is 7. The second-order valence-electron chi connectivity index (χ2n) is 9.78. The van der Waals surface area contributed by atoms with E-state index in [4.69, 9.17) is 18.7 Å². The van der Waals surface area contributed by atoms with E-state index in [1.54, 1.807) is 19.2 Å². The van der Waals surface area contributed by atoms with Crippen molar-refractivity contribution in [2.75, 3.05) is 27.3 Å². The van der Waals surface area contributed by atoms with Gasteiger partial charge in [-0.25, -0.2) is 4.39 Å². The predicted octanol–water partition coefficient (Wildman–Crippen LogP) is 5.19. The summed E-state index contributed by atoms with van der Waals surface area (Å²) in [5, 5.41) is 4.01. The second kappa shape index (κ2) is 11.4. The molecule has 0 N–H and O–H groups in total. The molecule has 0 amide bonds. The normalized spacial score (nSPS) is 18.9. The minimum Gasteiger partial charge on any atom is -0.486 e. The highest BCUT2D eigenvalue weighted by Crippen LogP contribution is 2.39. The smallest absolute Gasteiger partial charge is 0.306 e. The van der Waals surface area contributed by atoms with Crippen molar-refractivity contribution in [3.63, 3.8) is 0 Å². The molecule has 2 atom stereocenters. The number of fused-ring (bicyclic) bond motifs is 1. The number of rotatable bonds is 9. The van der Waals surface area contributed by atoms with Crippen LogP contribution in [0.2, 0.25) is 0 Å². The SMILES string of the molecule is COC(=O)C[C@@H](c1ccc(O[C@@H]2CCc3c(CN4CCC(OC)CC4)ccc(F)c32)cc1)c1ccon1. The van der Waals surface area contributed by atoms with Crippen LogP contribution in [0.5, 0.6) is 5.75 Å². The van der Waals surface area contributed by atoms with Gasteiger partial charge in [0, 0.05) is 44.3 Å². The van der Waals surface area contributed by atoms with Crippen molar-refractivity contribution >= 4 is 5.97 Å². The molecule has 1 aromatic heterocycles. The molecule has 1 aliphatic carbocycles. The lowest BCUT2D eigenvalue weighted by molar-refractivity contribution is -0.140. The van der Waals surface area contributed by atoms with Gasteiger partial charge in [0.15, 0.2) is 0 Å². The maximum atomic E-state index is 15.0. The minimum absolute atomic E-state index is 0.149. The molecule has 2 heterocycles. The first kappa shape index (κ1) is 25.4. The van der Waals surface area contributed by atoms with Crippen LogP contribution in [0.15, 0.2) is 53.3 Å². The summed E-state index contributed by atoms with van der Waals surface area (Å²) in [6.07, 6.45) is 5.23. The van der Waals surface area contributed by atoms with Crippen molar-refractivity contribution < 1.29 is 27.9 Å². The van der Waals surface area contributed by atoms with Crippen molar-refractivity contribution in [3.05, 3.63) is 82.5 Å². The van der Waals surface area contributed by atoms with Gasteiger partial charge >= 0.3 is 5.97 Å². The third-order valence-electron chi connectivity index (χ3n) is 7.62. The number of carbonyl (C=O) groups is 1. The molecule has 5 rings (SSSR count). The summed E-state index contributed by atoms with van der Waals surface area (Å²) < 4.78 is 36.6. The second-order valence-corrected chi connectivity index (χ2v) is 9.78. The average molecular weight is 509 g/mol. The van der Waals surface area contributed by atoms with E-state index < -0.39 is 0 Å². The summed E-state index contributed by atoms with van der Waals surface area (Å²) in [6, 6.07) is 12.8. The molecule has 8 heteroatoms. The number of benzene rings is 2. The fourth-order valence-electron chi connectivity index (χ4n) is 5.54.